The van der Waals surface area contributed by atoms with Gasteiger partial charge in [0.15, 0.2) is 6.04 Å². The van der Waals surface area contributed by atoms with Crippen molar-refractivity contribution in [2.45, 2.75) is 70.8 Å². The second kappa shape index (κ2) is 14.6. The van der Waals surface area contributed by atoms with Gasteiger partial charge in [0.25, 0.3) is 0 Å². The Morgan fingerprint density at radius 2 is 1.85 bits per heavy atom. The predicted molar refractivity (Wildman–Crippen MR) is 153 cm³/mol. The molecule has 0 unspecified atom stereocenters. The monoisotopic (exact) mass is 564 g/mol. The fourth-order valence-electron chi connectivity index (χ4n) is 5.52. The lowest BCUT2D eigenvalue weighted by Crippen LogP contribution is -2.69. The van der Waals surface area contributed by atoms with E-state index in [0.29, 0.717) is 25.3 Å². The average Bonchev–Trinajstić information content (AvgIpc) is 2.99. The number of nitrogens with one attached hydrogen (secondary N) is 1. The van der Waals surface area contributed by atoms with E-state index in [1.54, 1.807) is 24.0 Å². The Morgan fingerprint density at radius 3 is 2.61 bits per heavy atom. The molecule has 1 aromatic heterocycles. The van der Waals surface area contributed by atoms with E-state index in [4.69, 9.17) is 9.47 Å². The van der Waals surface area contributed by atoms with Crippen molar-refractivity contribution in [2.75, 3.05) is 31.6 Å². The number of carbonyl (C=O) groups excluding carboxylic acids is 4. The second-order valence-corrected chi connectivity index (χ2v) is 10.6. The van der Waals surface area contributed by atoms with Crippen LogP contribution in [0.4, 0.5) is 15.4 Å². The maximum atomic E-state index is 13.6. The van der Waals surface area contributed by atoms with Gasteiger partial charge in [0.05, 0.1) is 19.1 Å². The van der Waals surface area contributed by atoms with Crippen LogP contribution in [0.5, 0.6) is 0 Å². The van der Waals surface area contributed by atoms with E-state index >= 15 is 0 Å². The van der Waals surface area contributed by atoms with Crippen LogP contribution >= 0.6 is 0 Å². The minimum Gasteiger partial charge on any atom is -0.464 e. The largest absolute Gasteiger partial charge is 0.464 e. The average molecular weight is 565 g/mol. The van der Waals surface area contributed by atoms with Gasteiger partial charge in [-0.25, -0.2) is 24.3 Å². The number of pyridine rings is 1. The molecule has 2 aromatic rings. The molecule has 0 radical (unpaired) electrons. The number of ether oxygens (including phenoxy) is 2. The van der Waals surface area contributed by atoms with Crippen LogP contribution in [-0.4, -0.2) is 71.1 Å². The molecule has 0 saturated carbocycles. The molecule has 2 fully saturated rings. The van der Waals surface area contributed by atoms with Gasteiger partial charge in [-0.05, 0) is 55.9 Å². The number of urea groups is 1. The molecule has 0 spiro atoms. The SMILES string of the molecule is CCCCCCOC(=O)Nc1cc(C[C@H]2C(=O)N(C(=O)N3CCC[C@@H](c4ccccc4)C3)[C@@H]2C(=O)OCC)ccn1. The normalized spacial score (nSPS) is 20.2. The topological polar surface area (TPSA) is 118 Å². The molecule has 3 heterocycles. The zero-order valence-electron chi connectivity index (χ0n) is 23.9. The molecule has 220 valence electrons. The summed E-state index contributed by atoms with van der Waals surface area (Å²) in [4.78, 5) is 58.9. The first-order valence-electron chi connectivity index (χ1n) is 14.6. The van der Waals surface area contributed by atoms with Crippen molar-refractivity contribution in [2.24, 2.45) is 5.92 Å². The molecule has 10 nitrogen and oxygen atoms in total. The predicted octanol–water partition coefficient (Wildman–Crippen LogP) is 5.14. The molecular weight excluding hydrogens is 524 g/mol. The van der Waals surface area contributed by atoms with Gasteiger partial charge in [-0.1, -0.05) is 56.5 Å². The Bertz CT molecular complexity index is 1210. The van der Waals surface area contributed by atoms with Gasteiger partial charge in [-0.15, -0.1) is 0 Å². The highest BCUT2D eigenvalue weighted by Crippen LogP contribution is 2.34. The van der Waals surface area contributed by atoms with Gasteiger partial charge < -0.3 is 14.4 Å². The number of aromatic nitrogens is 1. The standard InChI is InChI=1S/C31H40N4O6/c1-3-5-6-10-18-41-30(38)33-26-20-22(15-16-32-26)19-25-27(29(37)40-4-2)35(28(25)36)31(39)34-17-11-14-24(21-34)23-12-8-7-9-13-23/h7-9,12-13,15-16,20,24-25,27H,3-6,10-11,14,17-19,21H2,1-2H3,(H,32,33,38)/t24-,25-,27+/m1/s1. The van der Waals surface area contributed by atoms with Crippen LogP contribution in [-0.2, 0) is 25.5 Å². The van der Waals surface area contributed by atoms with Gasteiger partial charge in [-0.2, -0.15) is 0 Å². The number of β-lactam (4-membered cyclic amide) rings is 1. The molecule has 2 saturated heterocycles. The Balaban J connectivity index is 1.40. The highest BCUT2D eigenvalue weighted by molar-refractivity contribution is 6.08. The molecule has 41 heavy (non-hydrogen) atoms. The zero-order chi connectivity index (χ0) is 29.2. The van der Waals surface area contributed by atoms with Crippen molar-refractivity contribution in [1.29, 1.82) is 0 Å². The number of anilines is 1. The Kier molecular flexibility index (Phi) is 10.7. The van der Waals surface area contributed by atoms with Crippen molar-refractivity contribution < 1.29 is 28.7 Å². The van der Waals surface area contributed by atoms with Crippen molar-refractivity contribution in [3.05, 3.63) is 59.8 Å². The van der Waals surface area contributed by atoms with Gasteiger partial charge >= 0.3 is 18.1 Å². The molecule has 0 aliphatic carbocycles. The number of rotatable bonds is 11. The highest BCUT2D eigenvalue weighted by atomic mass is 16.5. The molecule has 3 atom stereocenters. The third-order valence-electron chi connectivity index (χ3n) is 7.65. The molecule has 2 aliphatic rings. The van der Waals surface area contributed by atoms with Crippen LogP contribution in [0.15, 0.2) is 48.7 Å². The second-order valence-electron chi connectivity index (χ2n) is 10.6. The minimum absolute atomic E-state index is 0.141. The lowest BCUT2D eigenvalue weighted by atomic mass is 9.82. The van der Waals surface area contributed by atoms with Crippen molar-refractivity contribution in [3.8, 4) is 0 Å². The van der Waals surface area contributed by atoms with Crippen LogP contribution in [0.2, 0.25) is 0 Å². The molecule has 10 heteroatoms. The zero-order valence-corrected chi connectivity index (χ0v) is 23.9. The fraction of sp³-hybridized carbons (Fsp3) is 0.516. The molecule has 4 amide bonds. The maximum Gasteiger partial charge on any atom is 0.412 e. The van der Waals surface area contributed by atoms with Gasteiger partial charge in [0.1, 0.15) is 5.82 Å². The third kappa shape index (κ3) is 7.62. The number of amides is 4. The van der Waals surface area contributed by atoms with E-state index < -0.39 is 36.0 Å². The van der Waals surface area contributed by atoms with Gasteiger partial charge in [-0.3, -0.25) is 10.1 Å². The quantitative estimate of drug-likeness (QED) is 0.228. The molecule has 1 aromatic carbocycles. The number of nitrogens with zero attached hydrogens (tertiary/aromatic N) is 3. The van der Waals surface area contributed by atoms with Crippen LogP contribution in [0.3, 0.4) is 0 Å². The summed E-state index contributed by atoms with van der Waals surface area (Å²) in [5, 5.41) is 2.62. The van der Waals surface area contributed by atoms with E-state index in [9.17, 15) is 19.2 Å². The van der Waals surface area contributed by atoms with Crippen molar-refractivity contribution >= 4 is 29.8 Å². The van der Waals surface area contributed by atoms with Crippen LogP contribution in [0.1, 0.15) is 69.4 Å². The maximum absolute atomic E-state index is 13.6. The van der Waals surface area contributed by atoms with E-state index in [1.165, 1.54) is 6.20 Å². The Morgan fingerprint density at radius 1 is 1.05 bits per heavy atom. The van der Waals surface area contributed by atoms with Gasteiger partial charge in [0, 0.05) is 25.2 Å². The number of benzene rings is 1. The molecule has 4 rings (SSSR count). The van der Waals surface area contributed by atoms with Crippen LogP contribution in [0.25, 0.3) is 0 Å². The summed E-state index contributed by atoms with van der Waals surface area (Å²) in [7, 11) is 0. The third-order valence-corrected chi connectivity index (χ3v) is 7.65. The summed E-state index contributed by atoms with van der Waals surface area (Å²) in [6.45, 7) is 5.29. The van der Waals surface area contributed by atoms with Crippen molar-refractivity contribution in [1.82, 2.24) is 14.8 Å². The summed E-state index contributed by atoms with van der Waals surface area (Å²) in [6.07, 6.45) is 6.89. The summed E-state index contributed by atoms with van der Waals surface area (Å²) < 4.78 is 10.5. The highest BCUT2D eigenvalue weighted by Gasteiger charge is 2.56. The summed E-state index contributed by atoms with van der Waals surface area (Å²) in [6, 6.07) is 11.9. The number of imide groups is 1. The molecule has 1 N–H and O–H groups in total. The van der Waals surface area contributed by atoms with E-state index in [2.05, 4.69) is 29.4 Å². The number of unbranched alkanes of at least 4 members (excludes halogenated alkanes) is 3. The van der Waals surface area contributed by atoms with Crippen LogP contribution < -0.4 is 5.32 Å². The lowest BCUT2D eigenvalue weighted by molar-refractivity contribution is -0.170. The molecule has 0 bridgehead atoms. The van der Waals surface area contributed by atoms with Crippen molar-refractivity contribution in [3.63, 3.8) is 0 Å². The Hall–Kier alpha value is -3.95. The smallest absolute Gasteiger partial charge is 0.412 e. The first-order chi connectivity index (χ1) is 19.9. The summed E-state index contributed by atoms with van der Waals surface area (Å²) in [5.41, 5.74) is 1.85. The van der Waals surface area contributed by atoms with E-state index in [0.717, 1.165) is 49.0 Å². The molecular formula is C31H40N4O6. The minimum atomic E-state index is -1.01. The Labute approximate surface area is 241 Å². The lowest BCUT2D eigenvalue weighted by Gasteiger charge is -2.46. The first kappa shape index (κ1) is 30.0. The number of hydrogen-bond donors (Lipinski definition) is 1. The van der Waals surface area contributed by atoms with Gasteiger partial charge in [0.2, 0.25) is 5.91 Å². The number of carbonyl (C=O) groups is 4. The van der Waals surface area contributed by atoms with E-state index in [-0.39, 0.29) is 24.8 Å². The fourth-order valence-corrected chi connectivity index (χ4v) is 5.52. The van der Waals surface area contributed by atoms with Crippen LogP contribution in [0, 0.1) is 5.92 Å². The number of likely N-dealkylation sites (tertiary alicyclic amines) is 2. The first-order valence-corrected chi connectivity index (χ1v) is 14.6. The summed E-state index contributed by atoms with van der Waals surface area (Å²) in [5.74, 6) is -1.30. The van der Waals surface area contributed by atoms with E-state index in [1.807, 2.05) is 18.2 Å². The summed E-state index contributed by atoms with van der Waals surface area (Å²) >= 11 is 0. The number of piperidine rings is 1. The molecule has 2 aliphatic heterocycles. The number of esters is 1. The number of hydrogen-bond acceptors (Lipinski definition) is 7.